The summed E-state index contributed by atoms with van der Waals surface area (Å²) in [5, 5.41) is 9.35. The lowest BCUT2D eigenvalue weighted by molar-refractivity contribution is 0.249. The fourth-order valence-corrected chi connectivity index (χ4v) is 1.44. The van der Waals surface area contributed by atoms with Gasteiger partial charge in [0.25, 0.3) is 0 Å². The molecule has 1 unspecified atom stereocenters. The van der Waals surface area contributed by atoms with Crippen molar-refractivity contribution in [3.05, 3.63) is 28.8 Å². The van der Waals surface area contributed by atoms with Crippen LogP contribution in [0.3, 0.4) is 0 Å². The lowest BCUT2D eigenvalue weighted by atomic mass is 10.2. The summed E-state index contributed by atoms with van der Waals surface area (Å²) in [4.78, 5) is 0. The molecule has 0 fully saturated rings. The second-order valence-corrected chi connectivity index (χ2v) is 3.47. The van der Waals surface area contributed by atoms with E-state index in [9.17, 15) is 0 Å². The summed E-state index contributed by atoms with van der Waals surface area (Å²) in [5.74, 6) is 0.596. The molecule has 0 aromatic heterocycles. The Kier molecular flexibility index (Phi) is 4.41. The number of nitrogens with zero attached hydrogens (tertiary/aromatic N) is 1. The monoisotopic (exact) mass is 224 g/mol. The van der Waals surface area contributed by atoms with Crippen molar-refractivity contribution in [1.82, 2.24) is 0 Å². The van der Waals surface area contributed by atoms with Gasteiger partial charge in [0, 0.05) is 17.1 Å². The fraction of sp³-hybridized carbons (Fsp3) is 0.364. The molecule has 1 atom stereocenters. The number of halogens is 1. The third-order valence-electron chi connectivity index (χ3n) is 2.06. The molecular weight excluding hydrogens is 212 g/mol. The van der Waals surface area contributed by atoms with E-state index in [1.165, 1.54) is 0 Å². The summed E-state index contributed by atoms with van der Waals surface area (Å²) in [6.45, 7) is 2.19. The van der Waals surface area contributed by atoms with E-state index in [0.29, 0.717) is 23.7 Å². The third kappa shape index (κ3) is 2.85. The largest absolute Gasteiger partial charge is 0.475 e. The summed E-state index contributed by atoms with van der Waals surface area (Å²) in [7, 11) is 0. The summed E-state index contributed by atoms with van der Waals surface area (Å²) < 4.78 is 5.49. The lowest BCUT2D eigenvalue weighted by Crippen LogP contribution is -2.14. The van der Waals surface area contributed by atoms with Crippen LogP contribution in [0.5, 0.6) is 5.75 Å². The van der Waals surface area contributed by atoms with Crippen molar-refractivity contribution in [1.29, 1.82) is 5.26 Å². The maximum absolute atomic E-state index is 8.78. The Balaban J connectivity index is 2.94. The summed E-state index contributed by atoms with van der Waals surface area (Å²) >= 11 is 5.96. The minimum Gasteiger partial charge on any atom is -0.475 e. The predicted octanol–water partition coefficient (Wildman–Crippen LogP) is 2.48. The van der Waals surface area contributed by atoms with Crippen LogP contribution < -0.4 is 10.5 Å². The standard InChI is InChI=1S/C11H13ClN2O/c1-2-8(6-13)15-11-5-3-4-10(12)9(11)7-14/h3-5,8H,2,7,14H2,1H3. The maximum atomic E-state index is 8.78. The molecule has 0 saturated heterocycles. The van der Waals surface area contributed by atoms with Gasteiger partial charge in [0.1, 0.15) is 11.8 Å². The van der Waals surface area contributed by atoms with E-state index in [1.54, 1.807) is 18.2 Å². The predicted molar refractivity (Wildman–Crippen MR) is 59.7 cm³/mol. The molecule has 1 aromatic rings. The van der Waals surface area contributed by atoms with E-state index in [2.05, 4.69) is 6.07 Å². The van der Waals surface area contributed by atoms with Crippen molar-refractivity contribution in [3.8, 4) is 11.8 Å². The summed E-state index contributed by atoms with van der Waals surface area (Å²) in [6, 6.07) is 7.37. The number of rotatable bonds is 4. The summed E-state index contributed by atoms with van der Waals surface area (Å²) in [6.07, 6.45) is 0.182. The van der Waals surface area contributed by atoms with Gasteiger partial charge in [-0.2, -0.15) is 5.26 Å². The molecule has 0 spiro atoms. The number of nitriles is 1. The molecule has 0 aliphatic heterocycles. The molecule has 3 nitrogen and oxygen atoms in total. The minimum atomic E-state index is -0.450. The molecule has 0 amide bonds. The summed E-state index contributed by atoms with van der Waals surface area (Å²) in [5.41, 5.74) is 6.31. The quantitative estimate of drug-likeness (QED) is 0.855. The highest BCUT2D eigenvalue weighted by Gasteiger charge is 2.11. The SMILES string of the molecule is CCC(C#N)Oc1cccc(Cl)c1CN. The van der Waals surface area contributed by atoms with E-state index in [4.69, 9.17) is 27.3 Å². The number of benzene rings is 1. The average Bonchev–Trinajstić information content (AvgIpc) is 2.26. The number of hydrogen-bond acceptors (Lipinski definition) is 3. The molecule has 0 aliphatic rings. The van der Waals surface area contributed by atoms with E-state index >= 15 is 0 Å². The Bertz CT molecular complexity index is 373. The van der Waals surface area contributed by atoms with Crippen LogP contribution in [0.4, 0.5) is 0 Å². The fourth-order valence-electron chi connectivity index (χ4n) is 1.20. The first kappa shape index (κ1) is 11.8. The highest BCUT2D eigenvalue weighted by molar-refractivity contribution is 6.31. The molecule has 0 bridgehead atoms. The van der Waals surface area contributed by atoms with Crippen LogP contribution in [0, 0.1) is 11.3 Å². The maximum Gasteiger partial charge on any atom is 0.184 e. The van der Waals surface area contributed by atoms with Crippen molar-refractivity contribution >= 4 is 11.6 Å². The van der Waals surface area contributed by atoms with E-state index in [0.717, 1.165) is 5.56 Å². The molecular formula is C11H13ClN2O. The highest BCUT2D eigenvalue weighted by atomic mass is 35.5. The molecule has 1 rings (SSSR count). The van der Waals surface area contributed by atoms with E-state index in [1.807, 2.05) is 6.92 Å². The minimum absolute atomic E-state index is 0.302. The zero-order valence-corrected chi connectivity index (χ0v) is 9.29. The Hall–Kier alpha value is -1.24. The van der Waals surface area contributed by atoms with E-state index < -0.39 is 6.10 Å². The van der Waals surface area contributed by atoms with Crippen LogP contribution in [-0.4, -0.2) is 6.10 Å². The van der Waals surface area contributed by atoms with Gasteiger partial charge in [-0.3, -0.25) is 0 Å². The molecule has 15 heavy (non-hydrogen) atoms. The van der Waals surface area contributed by atoms with Crippen LogP contribution in [0.2, 0.25) is 5.02 Å². The van der Waals surface area contributed by atoms with Crippen LogP contribution in [0.25, 0.3) is 0 Å². The lowest BCUT2D eigenvalue weighted by Gasteiger charge is -2.14. The van der Waals surface area contributed by atoms with Gasteiger partial charge in [-0.25, -0.2) is 0 Å². The van der Waals surface area contributed by atoms with Crippen molar-refractivity contribution in [2.24, 2.45) is 5.73 Å². The molecule has 0 radical (unpaired) electrons. The van der Waals surface area contributed by atoms with Gasteiger partial charge < -0.3 is 10.5 Å². The first-order chi connectivity index (χ1) is 7.22. The Labute approximate surface area is 94.4 Å². The highest BCUT2D eigenvalue weighted by Crippen LogP contribution is 2.26. The van der Waals surface area contributed by atoms with Gasteiger partial charge >= 0.3 is 0 Å². The number of ether oxygens (including phenoxy) is 1. The second kappa shape index (κ2) is 5.59. The molecule has 2 N–H and O–H groups in total. The molecule has 80 valence electrons. The van der Waals surface area contributed by atoms with Crippen LogP contribution in [0.15, 0.2) is 18.2 Å². The number of hydrogen-bond donors (Lipinski definition) is 1. The Morgan fingerprint density at radius 3 is 2.87 bits per heavy atom. The first-order valence-electron chi connectivity index (χ1n) is 4.76. The zero-order valence-electron chi connectivity index (χ0n) is 8.53. The van der Waals surface area contributed by atoms with Crippen LogP contribution in [0.1, 0.15) is 18.9 Å². The molecule has 0 saturated carbocycles. The Morgan fingerprint density at radius 2 is 2.33 bits per heavy atom. The second-order valence-electron chi connectivity index (χ2n) is 3.06. The smallest absolute Gasteiger partial charge is 0.184 e. The van der Waals surface area contributed by atoms with Gasteiger partial charge in [0.2, 0.25) is 0 Å². The first-order valence-corrected chi connectivity index (χ1v) is 5.14. The van der Waals surface area contributed by atoms with Gasteiger partial charge in [0.15, 0.2) is 6.10 Å². The Morgan fingerprint density at radius 1 is 1.60 bits per heavy atom. The van der Waals surface area contributed by atoms with E-state index in [-0.39, 0.29) is 0 Å². The van der Waals surface area contributed by atoms with Crippen LogP contribution in [-0.2, 0) is 6.54 Å². The van der Waals surface area contributed by atoms with Crippen LogP contribution >= 0.6 is 11.6 Å². The normalized spacial score (nSPS) is 11.9. The molecule has 1 aromatic carbocycles. The molecule has 0 heterocycles. The molecule has 0 aliphatic carbocycles. The van der Waals surface area contributed by atoms with Gasteiger partial charge in [0.05, 0.1) is 0 Å². The van der Waals surface area contributed by atoms with Crippen molar-refractivity contribution in [3.63, 3.8) is 0 Å². The topological polar surface area (TPSA) is 59.0 Å². The van der Waals surface area contributed by atoms with Gasteiger partial charge in [-0.05, 0) is 18.6 Å². The van der Waals surface area contributed by atoms with Crippen molar-refractivity contribution in [2.75, 3.05) is 0 Å². The van der Waals surface area contributed by atoms with Gasteiger partial charge in [-0.15, -0.1) is 0 Å². The third-order valence-corrected chi connectivity index (χ3v) is 2.42. The molecule has 4 heteroatoms. The van der Waals surface area contributed by atoms with Crippen molar-refractivity contribution in [2.45, 2.75) is 26.0 Å². The van der Waals surface area contributed by atoms with Crippen molar-refractivity contribution < 1.29 is 4.74 Å². The van der Waals surface area contributed by atoms with Gasteiger partial charge in [-0.1, -0.05) is 24.6 Å². The number of nitrogens with two attached hydrogens (primary N) is 1. The average molecular weight is 225 g/mol. The zero-order chi connectivity index (χ0) is 11.3.